The number of rotatable bonds is 5. The SMILES string of the molecule is COc1ccc(/C(C)=N/NC(=O)c2cncc(Br)c2)cc1[N+](=O)[O-]. The summed E-state index contributed by atoms with van der Waals surface area (Å²) < 4.78 is 5.61. The molecule has 9 heteroatoms. The lowest BCUT2D eigenvalue weighted by atomic mass is 10.1. The van der Waals surface area contributed by atoms with E-state index in [9.17, 15) is 14.9 Å². The van der Waals surface area contributed by atoms with Gasteiger partial charge in [-0.2, -0.15) is 5.10 Å². The summed E-state index contributed by atoms with van der Waals surface area (Å²) in [6, 6.07) is 6.04. The molecule has 0 bridgehead atoms. The topological polar surface area (TPSA) is 107 Å². The summed E-state index contributed by atoms with van der Waals surface area (Å²) in [5.74, 6) is -0.285. The van der Waals surface area contributed by atoms with Gasteiger partial charge in [-0.15, -0.1) is 0 Å². The van der Waals surface area contributed by atoms with E-state index in [1.54, 1.807) is 25.3 Å². The standard InChI is InChI=1S/C15H13BrN4O4/c1-9(10-3-4-14(24-2)13(6-10)20(22)23)18-19-15(21)11-5-12(16)8-17-7-11/h3-8H,1-2H3,(H,19,21)/b18-9+. The Morgan fingerprint density at radius 2 is 2.08 bits per heavy atom. The van der Waals surface area contributed by atoms with E-state index in [0.717, 1.165) is 0 Å². The van der Waals surface area contributed by atoms with Crippen LogP contribution in [0.5, 0.6) is 5.75 Å². The Morgan fingerprint density at radius 1 is 1.33 bits per heavy atom. The van der Waals surface area contributed by atoms with Crippen molar-refractivity contribution < 1.29 is 14.5 Å². The molecule has 0 aliphatic heterocycles. The third-order valence-corrected chi connectivity index (χ3v) is 3.52. The number of amides is 1. The van der Waals surface area contributed by atoms with Gasteiger partial charge in [0.2, 0.25) is 0 Å². The molecule has 1 heterocycles. The number of aromatic nitrogens is 1. The lowest BCUT2D eigenvalue weighted by Gasteiger charge is -2.05. The summed E-state index contributed by atoms with van der Waals surface area (Å²) in [5, 5.41) is 15.0. The summed E-state index contributed by atoms with van der Waals surface area (Å²) in [7, 11) is 1.36. The van der Waals surface area contributed by atoms with E-state index in [-0.39, 0.29) is 11.4 Å². The zero-order valence-electron chi connectivity index (χ0n) is 12.8. The first-order valence-corrected chi connectivity index (χ1v) is 7.49. The number of hydrogen-bond donors (Lipinski definition) is 1. The van der Waals surface area contributed by atoms with E-state index in [0.29, 0.717) is 21.3 Å². The Morgan fingerprint density at radius 3 is 2.71 bits per heavy atom. The Kier molecular flexibility index (Phi) is 5.59. The van der Waals surface area contributed by atoms with E-state index in [1.165, 1.54) is 25.4 Å². The van der Waals surface area contributed by atoms with Crippen LogP contribution >= 0.6 is 15.9 Å². The molecule has 0 atom stereocenters. The predicted molar refractivity (Wildman–Crippen MR) is 91.3 cm³/mol. The van der Waals surface area contributed by atoms with Crippen molar-refractivity contribution in [3.63, 3.8) is 0 Å². The summed E-state index contributed by atoms with van der Waals surface area (Å²) in [6.45, 7) is 1.63. The van der Waals surface area contributed by atoms with Crippen molar-refractivity contribution in [2.75, 3.05) is 7.11 Å². The van der Waals surface area contributed by atoms with Gasteiger partial charge in [0.1, 0.15) is 0 Å². The molecule has 0 radical (unpaired) electrons. The van der Waals surface area contributed by atoms with Gasteiger partial charge in [-0.3, -0.25) is 19.9 Å². The van der Waals surface area contributed by atoms with Gasteiger partial charge in [0, 0.05) is 28.5 Å². The lowest BCUT2D eigenvalue weighted by molar-refractivity contribution is -0.385. The van der Waals surface area contributed by atoms with Gasteiger partial charge in [-0.25, -0.2) is 5.43 Å². The van der Waals surface area contributed by atoms with Gasteiger partial charge < -0.3 is 4.74 Å². The monoisotopic (exact) mass is 392 g/mol. The highest BCUT2D eigenvalue weighted by molar-refractivity contribution is 9.10. The molecule has 0 saturated heterocycles. The van der Waals surface area contributed by atoms with E-state index in [2.05, 4.69) is 31.4 Å². The van der Waals surface area contributed by atoms with Crippen LogP contribution in [0.1, 0.15) is 22.8 Å². The minimum atomic E-state index is -0.540. The first-order valence-electron chi connectivity index (χ1n) is 6.70. The number of pyridine rings is 1. The molecule has 1 aromatic heterocycles. The third kappa shape index (κ3) is 4.13. The largest absolute Gasteiger partial charge is 0.490 e. The lowest BCUT2D eigenvalue weighted by Crippen LogP contribution is -2.19. The number of nitrogens with one attached hydrogen (secondary N) is 1. The number of benzene rings is 1. The van der Waals surface area contributed by atoms with Crippen LogP contribution in [-0.4, -0.2) is 28.6 Å². The fraction of sp³-hybridized carbons (Fsp3) is 0.133. The smallest absolute Gasteiger partial charge is 0.311 e. The maximum absolute atomic E-state index is 12.0. The molecule has 0 saturated carbocycles. The number of nitro groups is 1. The summed E-state index contributed by atoms with van der Waals surface area (Å²) in [5.41, 5.74) is 3.46. The highest BCUT2D eigenvalue weighted by Gasteiger charge is 2.16. The van der Waals surface area contributed by atoms with E-state index < -0.39 is 10.8 Å². The number of nitro benzene ring substituents is 1. The molecule has 0 spiro atoms. The molecule has 2 rings (SSSR count). The van der Waals surface area contributed by atoms with Gasteiger partial charge in [0.15, 0.2) is 5.75 Å². The molecule has 1 N–H and O–H groups in total. The minimum absolute atomic E-state index is 0.154. The minimum Gasteiger partial charge on any atom is -0.490 e. The van der Waals surface area contributed by atoms with Gasteiger partial charge in [-0.05, 0) is 41.1 Å². The maximum Gasteiger partial charge on any atom is 0.311 e. The van der Waals surface area contributed by atoms with Crippen molar-refractivity contribution in [2.24, 2.45) is 5.10 Å². The van der Waals surface area contributed by atoms with Crippen LogP contribution in [0.3, 0.4) is 0 Å². The number of halogens is 1. The van der Waals surface area contributed by atoms with Gasteiger partial charge >= 0.3 is 5.69 Å². The van der Waals surface area contributed by atoms with Crippen molar-refractivity contribution in [3.05, 3.63) is 62.4 Å². The summed E-state index contributed by atoms with van der Waals surface area (Å²) in [6.07, 6.45) is 2.96. The van der Waals surface area contributed by atoms with Crippen LogP contribution in [0.15, 0.2) is 46.2 Å². The Balaban J connectivity index is 2.20. The molecular formula is C15H13BrN4O4. The quantitative estimate of drug-likeness (QED) is 0.478. The molecule has 1 aromatic carbocycles. The second kappa shape index (κ2) is 7.64. The van der Waals surface area contributed by atoms with Gasteiger partial charge in [0.25, 0.3) is 5.91 Å². The molecule has 0 fully saturated rings. The van der Waals surface area contributed by atoms with E-state index >= 15 is 0 Å². The number of carbonyl (C=O) groups excluding carboxylic acids is 1. The summed E-state index contributed by atoms with van der Waals surface area (Å²) in [4.78, 5) is 26.4. The molecule has 0 aliphatic rings. The number of hydrogen-bond acceptors (Lipinski definition) is 6. The first-order chi connectivity index (χ1) is 11.4. The van der Waals surface area contributed by atoms with Crippen molar-refractivity contribution in [1.82, 2.24) is 10.4 Å². The van der Waals surface area contributed by atoms with Crippen LogP contribution in [-0.2, 0) is 0 Å². The molecule has 8 nitrogen and oxygen atoms in total. The number of nitrogens with zero attached hydrogens (tertiary/aromatic N) is 3. The number of carbonyl (C=O) groups is 1. The maximum atomic E-state index is 12.0. The first kappa shape index (κ1) is 17.5. The van der Waals surface area contributed by atoms with Crippen molar-refractivity contribution in [2.45, 2.75) is 6.92 Å². The Labute approximate surface area is 145 Å². The fourth-order valence-electron chi connectivity index (χ4n) is 1.86. The van der Waals surface area contributed by atoms with Crippen LogP contribution in [0, 0.1) is 10.1 Å². The average Bonchev–Trinajstić information content (AvgIpc) is 2.58. The highest BCUT2D eigenvalue weighted by Crippen LogP contribution is 2.27. The number of ether oxygens (including phenoxy) is 1. The van der Waals surface area contributed by atoms with Crippen LogP contribution < -0.4 is 10.2 Å². The molecule has 124 valence electrons. The van der Waals surface area contributed by atoms with Crippen LogP contribution in [0.2, 0.25) is 0 Å². The van der Waals surface area contributed by atoms with Crippen LogP contribution in [0.4, 0.5) is 5.69 Å². The molecule has 0 aliphatic carbocycles. The highest BCUT2D eigenvalue weighted by atomic mass is 79.9. The zero-order valence-corrected chi connectivity index (χ0v) is 14.4. The average molecular weight is 393 g/mol. The Hall–Kier alpha value is -2.81. The fourth-order valence-corrected chi connectivity index (χ4v) is 2.22. The normalized spacial score (nSPS) is 11.0. The van der Waals surface area contributed by atoms with E-state index in [4.69, 9.17) is 4.74 Å². The van der Waals surface area contributed by atoms with Crippen molar-refractivity contribution in [3.8, 4) is 5.75 Å². The molecule has 24 heavy (non-hydrogen) atoms. The number of methoxy groups -OCH3 is 1. The zero-order chi connectivity index (χ0) is 17.7. The van der Waals surface area contributed by atoms with Crippen LogP contribution in [0.25, 0.3) is 0 Å². The summed E-state index contributed by atoms with van der Waals surface area (Å²) >= 11 is 3.23. The predicted octanol–water partition coefficient (Wildman–Crippen LogP) is 2.91. The second-order valence-electron chi connectivity index (χ2n) is 4.67. The third-order valence-electron chi connectivity index (χ3n) is 3.09. The molecular weight excluding hydrogens is 380 g/mol. The van der Waals surface area contributed by atoms with Crippen molar-refractivity contribution in [1.29, 1.82) is 0 Å². The van der Waals surface area contributed by atoms with Gasteiger partial charge in [0.05, 0.1) is 23.3 Å². The second-order valence-corrected chi connectivity index (χ2v) is 5.59. The molecule has 0 unspecified atom stereocenters. The molecule has 2 aromatic rings. The number of hydrazone groups is 1. The Bertz CT molecular complexity index is 823. The molecule has 1 amide bonds. The van der Waals surface area contributed by atoms with E-state index in [1.807, 2.05) is 0 Å². The van der Waals surface area contributed by atoms with Gasteiger partial charge in [-0.1, -0.05) is 0 Å². The van der Waals surface area contributed by atoms with Crippen molar-refractivity contribution >= 4 is 33.2 Å².